The molecule has 0 spiro atoms. The zero-order valence-corrected chi connectivity index (χ0v) is 20.0. The van der Waals surface area contributed by atoms with E-state index in [9.17, 15) is 0 Å². The lowest BCUT2D eigenvalue weighted by molar-refractivity contribution is 0.312. The van der Waals surface area contributed by atoms with Crippen LogP contribution in [0.1, 0.15) is 37.0 Å². The van der Waals surface area contributed by atoms with Crippen LogP contribution in [0.4, 0.5) is 5.82 Å². The molecule has 2 N–H and O–H groups in total. The number of pyridine rings is 1. The summed E-state index contributed by atoms with van der Waals surface area (Å²) in [5, 5.41) is 6.77. The first kappa shape index (κ1) is 23.9. The van der Waals surface area contributed by atoms with E-state index in [4.69, 9.17) is 9.73 Å². The Morgan fingerprint density at radius 3 is 2.59 bits per heavy atom. The molecule has 1 aliphatic rings. The van der Waals surface area contributed by atoms with E-state index in [2.05, 4.69) is 83.6 Å². The highest BCUT2D eigenvalue weighted by Crippen LogP contribution is 2.20. The van der Waals surface area contributed by atoms with Gasteiger partial charge in [0.1, 0.15) is 11.6 Å². The van der Waals surface area contributed by atoms with Gasteiger partial charge < -0.3 is 25.2 Å². The second-order valence-corrected chi connectivity index (χ2v) is 8.32. The monoisotopic (exact) mass is 438 g/mol. The molecule has 0 atom stereocenters. The van der Waals surface area contributed by atoms with Gasteiger partial charge in [0.25, 0.3) is 0 Å². The molecule has 1 aliphatic heterocycles. The second kappa shape index (κ2) is 12.3. The fraction of sp³-hybridized carbons (Fsp3) is 0.520. The minimum absolute atomic E-state index is 0.582. The lowest BCUT2D eigenvalue weighted by Crippen LogP contribution is -2.44. The maximum atomic E-state index is 5.94. The minimum atomic E-state index is 0.582. The predicted molar refractivity (Wildman–Crippen MR) is 133 cm³/mol. The number of guanidine groups is 1. The molecule has 7 heteroatoms. The Hall–Kier alpha value is -2.80. The van der Waals surface area contributed by atoms with Crippen LogP contribution in [0, 0.1) is 6.92 Å². The SMILES string of the molecule is CCCOc1cc(C)ccc1CNC(=NCc1ccc(N2CCN(C)CC2)nc1)NCC. The van der Waals surface area contributed by atoms with Crippen LogP contribution in [0.25, 0.3) is 0 Å². The van der Waals surface area contributed by atoms with Crippen molar-refractivity contribution in [1.29, 1.82) is 0 Å². The van der Waals surface area contributed by atoms with Crippen molar-refractivity contribution in [1.82, 2.24) is 20.5 Å². The standard InChI is InChI=1S/C25H38N6O/c1-5-15-32-23-16-20(3)7-9-22(23)19-29-25(26-6-2)28-18-21-8-10-24(27-17-21)31-13-11-30(4)12-14-31/h7-10,16-17H,5-6,11-15,18-19H2,1-4H3,(H2,26,28,29). The summed E-state index contributed by atoms with van der Waals surface area (Å²) in [7, 11) is 2.17. The van der Waals surface area contributed by atoms with E-state index < -0.39 is 0 Å². The molecule has 7 nitrogen and oxygen atoms in total. The number of benzene rings is 1. The van der Waals surface area contributed by atoms with Gasteiger partial charge in [-0.2, -0.15) is 0 Å². The molecular weight excluding hydrogens is 400 g/mol. The second-order valence-electron chi connectivity index (χ2n) is 8.32. The number of nitrogens with one attached hydrogen (secondary N) is 2. The first-order chi connectivity index (χ1) is 15.6. The fourth-order valence-electron chi connectivity index (χ4n) is 3.58. The van der Waals surface area contributed by atoms with Crippen molar-refractivity contribution in [3.8, 4) is 5.75 Å². The number of hydrogen-bond acceptors (Lipinski definition) is 5. The molecule has 1 saturated heterocycles. The number of rotatable bonds is 9. The van der Waals surface area contributed by atoms with Crippen molar-refractivity contribution in [2.75, 3.05) is 51.3 Å². The highest BCUT2D eigenvalue weighted by atomic mass is 16.5. The van der Waals surface area contributed by atoms with Gasteiger partial charge in [0.05, 0.1) is 13.2 Å². The quantitative estimate of drug-likeness (QED) is 0.463. The number of aliphatic imine (C=N–C) groups is 1. The van der Waals surface area contributed by atoms with Crippen LogP contribution in [0.5, 0.6) is 5.75 Å². The zero-order chi connectivity index (χ0) is 22.8. The number of aromatic nitrogens is 1. The molecule has 1 fully saturated rings. The Morgan fingerprint density at radius 1 is 1.09 bits per heavy atom. The third-order valence-corrected chi connectivity index (χ3v) is 5.53. The molecule has 0 unspecified atom stereocenters. The molecule has 1 aromatic heterocycles. The molecule has 0 amide bonds. The van der Waals surface area contributed by atoms with Gasteiger partial charge in [0.15, 0.2) is 5.96 Å². The van der Waals surface area contributed by atoms with Crippen molar-refractivity contribution >= 4 is 11.8 Å². The van der Waals surface area contributed by atoms with Crippen LogP contribution in [0.15, 0.2) is 41.5 Å². The third kappa shape index (κ3) is 7.12. The average Bonchev–Trinajstić information content (AvgIpc) is 2.81. The van der Waals surface area contributed by atoms with Crippen LogP contribution >= 0.6 is 0 Å². The van der Waals surface area contributed by atoms with E-state index in [-0.39, 0.29) is 0 Å². The van der Waals surface area contributed by atoms with E-state index >= 15 is 0 Å². The van der Waals surface area contributed by atoms with Crippen molar-refractivity contribution in [2.24, 2.45) is 4.99 Å². The molecule has 32 heavy (non-hydrogen) atoms. The zero-order valence-electron chi connectivity index (χ0n) is 20.0. The summed E-state index contributed by atoms with van der Waals surface area (Å²) >= 11 is 0. The Kier molecular flexibility index (Phi) is 9.16. The van der Waals surface area contributed by atoms with Crippen molar-refractivity contribution in [3.05, 3.63) is 53.2 Å². The number of anilines is 1. The fourth-order valence-corrected chi connectivity index (χ4v) is 3.58. The number of aryl methyl sites for hydroxylation is 1. The van der Waals surface area contributed by atoms with Gasteiger partial charge in [0, 0.05) is 51.0 Å². The van der Waals surface area contributed by atoms with Crippen LogP contribution in [-0.2, 0) is 13.1 Å². The first-order valence-corrected chi connectivity index (χ1v) is 11.7. The van der Waals surface area contributed by atoms with E-state index in [0.29, 0.717) is 13.1 Å². The van der Waals surface area contributed by atoms with Crippen LogP contribution < -0.4 is 20.3 Å². The maximum Gasteiger partial charge on any atom is 0.191 e. The molecule has 2 aromatic rings. The third-order valence-electron chi connectivity index (χ3n) is 5.53. The van der Waals surface area contributed by atoms with Crippen molar-refractivity contribution in [2.45, 2.75) is 40.3 Å². The summed E-state index contributed by atoms with van der Waals surface area (Å²) in [6.45, 7) is 13.3. The molecule has 2 heterocycles. The van der Waals surface area contributed by atoms with Crippen LogP contribution in [0.3, 0.4) is 0 Å². The number of hydrogen-bond donors (Lipinski definition) is 2. The van der Waals surface area contributed by atoms with Gasteiger partial charge in [-0.3, -0.25) is 0 Å². The molecule has 0 radical (unpaired) electrons. The number of likely N-dealkylation sites (N-methyl/N-ethyl adjacent to an activating group) is 1. The maximum absolute atomic E-state index is 5.94. The summed E-state index contributed by atoms with van der Waals surface area (Å²) in [4.78, 5) is 14.1. The molecule has 1 aromatic carbocycles. The Labute approximate surface area is 192 Å². The molecule has 174 valence electrons. The summed E-state index contributed by atoms with van der Waals surface area (Å²) in [6, 6.07) is 10.6. The normalized spacial score (nSPS) is 15.0. The first-order valence-electron chi connectivity index (χ1n) is 11.7. The van der Waals surface area contributed by atoms with Gasteiger partial charge in [-0.25, -0.2) is 9.98 Å². The molecule has 0 saturated carbocycles. The lowest BCUT2D eigenvalue weighted by Gasteiger charge is -2.33. The highest BCUT2D eigenvalue weighted by molar-refractivity contribution is 5.79. The van der Waals surface area contributed by atoms with E-state index in [1.54, 1.807) is 0 Å². The van der Waals surface area contributed by atoms with Gasteiger partial charge >= 0.3 is 0 Å². The average molecular weight is 439 g/mol. The number of nitrogens with zero attached hydrogens (tertiary/aromatic N) is 4. The van der Waals surface area contributed by atoms with Gasteiger partial charge in [-0.15, -0.1) is 0 Å². The largest absolute Gasteiger partial charge is 0.493 e. The lowest BCUT2D eigenvalue weighted by atomic mass is 10.1. The van der Waals surface area contributed by atoms with Gasteiger partial charge in [-0.05, 0) is 50.6 Å². The highest BCUT2D eigenvalue weighted by Gasteiger charge is 2.15. The van der Waals surface area contributed by atoms with Crippen LogP contribution in [0.2, 0.25) is 0 Å². The van der Waals surface area contributed by atoms with E-state index in [0.717, 1.165) is 74.4 Å². The van der Waals surface area contributed by atoms with Crippen molar-refractivity contribution in [3.63, 3.8) is 0 Å². The molecule has 0 bridgehead atoms. The predicted octanol–water partition coefficient (Wildman–Crippen LogP) is 3.19. The number of piperazine rings is 1. The van der Waals surface area contributed by atoms with Gasteiger partial charge in [0.2, 0.25) is 0 Å². The smallest absolute Gasteiger partial charge is 0.191 e. The molecular formula is C25H38N6O. The summed E-state index contributed by atoms with van der Waals surface area (Å²) < 4.78 is 5.94. The Bertz CT molecular complexity index is 859. The summed E-state index contributed by atoms with van der Waals surface area (Å²) in [5.74, 6) is 2.78. The molecule has 3 rings (SSSR count). The minimum Gasteiger partial charge on any atom is -0.493 e. The summed E-state index contributed by atoms with van der Waals surface area (Å²) in [5.41, 5.74) is 3.43. The van der Waals surface area contributed by atoms with Crippen LogP contribution in [-0.4, -0.2) is 62.2 Å². The van der Waals surface area contributed by atoms with Gasteiger partial charge in [-0.1, -0.05) is 25.1 Å². The van der Waals surface area contributed by atoms with E-state index in [1.165, 1.54) is 5.56 Å². The number of ether oxygens (including phenoxy) is 1. The Morgan fingerprint density at radius 2 is 1.91 bits per heavy atom. The summed E-state index contributed by atoms with van der Waals surface area (Å²) in [6.07, 6.45) is 2.93. The topological polar surface area (TPSA) is 65.0 Å². The van der Waals surface area contributed by atoms with E-state index in [1.807, 2.05) is 6.20 Å². The van der Waals surface area contributed by atoms with Crippen molar-refractivity contribution < 1.29 is 4.74 Å². The Balaban J connectivity index is 1.59. The molecule has 0 aliphatic carbocycles.